The Hall–Kier alpha value is -1.02. The lowest BCUT2D eigenvalue weighted by Crippen LogP contribution is -2.58. The second kappa shape index (κ2) is 7.91. The molecule has 1 aliphatic rings. The lowest BCUT2D eigenvalue weighted by molar-refractivity contribution is 0.0740. The lowest BCUT2D eigenvalue weighted by Gasteiger charge is -2.44. The van der Waals surface area contributed by atoms with Gasteiger partial charge in [0.05, 0.1) is 4.90 Å². The number of benzene rings is 1. The van der Waals surface area contributed by atoms with Crippen LogP contribution in [0.4, 0.5) is 4.39 Å². The summed E-state index contributed by atoms with van der Waals surface area (Å²) in [6.07, 6.45) is 1.06. The fraction of sp³-hybridized carbons (Fsp3) is 0.647. The third-order valence-electron chi connectivity index (χ3n) is 4.54. The maximum atomic E-state index is 13.0. The first-order valence-corrected chi connectivity index (χ1v) is 9.82. The number of hydrogen-bond donors (Lipinski definition) is 0. The van der Waals surface area contributed by atoms with Crippen LogP contribution in [0, 0.1) is 5.82 Å². The molecule has 0 saturated carbocycles. The van der Waals surface area contributed by atoms with Crippen molar-refractivity contribution < 1.29 is 12.8 Å². The van der Waals surface area contributed by atoms with Crippen molar-refractivity contribution >= 4 is 10.0 Å². The molecule has 1 fully saturated rings. The lowest BCUT2D eigenvalue weighted by atomic mass is 10.1. The summed E-state index contributed by atoms with van der Waals surface area (Å²) in [6.45, 7) is 7.05. The fourth-order valence-corrected chi connectivity index (χ4v) is 4.87. The van der Waals surface area contributed by atoms with E-state index in [2.05, 4.69) is 37.7 Å². The van der Waals surface area contributed by atoms with Gasteiger partial charge in [0.2, 0.25) is 10.0 Å². The van der Waals surface area contributed by atoms with Gasteiger partial charge >= 0.3 is 0 Å². The molecule has 24 heavy (non-hydrogen) atoms. The minimum absolute atomic E-state index is 0.157. The van der Waals surface area contributed by atoms with Crippen molar-refractivity contribution in [3.05, 3.63) is 30.1 Å². The van der Waals surface area contributed by atoms with E-state index >= 15 is 0 Å². The number of piperazine rings is 1. The highest BCUT2D eigenvalue weighted by atomic mass is 32.2. The summed E-state index contributed by atoms with van der Waals surface area (Å²) in [5.41, 5.74) is 0. The average Bonchev–Trinajstić information content (AvgIpc) is 2.50. The summed E-state index contributed by atoms with van der Waals surface area (Å²) in [7, 11) is 0.541. The molecule has 7 heteroatoms. The second-order valence-electron chi connectivity index (χ2n) is 6.87. The summed E-state index contributed by atoms with van der Waals surface area (Å²) >= 11 is 0. The molecule has 0 aliphatic carbocycles. The largest absolute Gasteiger partial charge is 0.309 e. The van der Waals surface area contributed by atoms with E-state index in [1.165, 1.54) is 28.6 Å². The van der Waals surface area contributed by atoms with Crippen molar-refractivity contribution in [1.29, 1.82) is 0 Å². The SMILES string of the molecule is CC1CN(S(=O)(=O)c2ccc(F)cc2)CC(C)N1CCCN(C)C. The molecule has 0 bridgehead atoms. The zero-order valence-corrected chi connectivity index (χ0v) is 15.8. The van der Waals surface area contributed by atoms with Crippen molar-refractivity contribution in [2.24, 2.45) is 0 Å². The molecule has 1 aromatic carbocycles. The van der Waals surface area contributed by atoms with Crippen LogP contribution in [0.3, 0.4) is 0 Å². The molecular formula is C17H28FN3O2S. The molecule has 0 aromatic heterocycles. The molecule has 1 saturated heterocycles. The minimum atomic E-state index is -3.57. The van der Waals surface area contributed by atoms with Gasteiger partial charge in [-0.1, -0.05) is 0 Å². The van der Waals surface area contributed by atoms with E-state index in [0.29, 0.717) is 13.1 Å². The molecule has 1 heterocycles. The Morgan fingerprint density at radius 1 is 1.12 bits per heavy atom. The first-order valence-electron chi connectivity index (χ1n) is 8.38. The van der Waals surface area contributed by atoms with Crippen molar-refractivity contribution in [3.8, 4) is 0 Å². The first-order chi connectivity index (χ1) is 11.2. The van der Waals surface area contributed by atoms with Crippen molar-refractivity contribution in [2.75, 3.05) is 40.3 Å². The summed E-state index contributed by atoms with van der Waals surface area (Å²) in [5, 5.41) is 0. The van der Waals surface area contributed by atoms with Crippen LogP contribution in [-0.4, -0.2) is 74.9 Å². The third-order valence-corrected chi connectivity index (χ3v) is 6.39. The first kappa shape index (κ1) is 19.3. The zero-order chi connectivity index (χ0) is 17.9. The van der Waals surface area contributed by atoms with Gasteiger partial charge in [-0.25, -0.2) is 12.8 Å². The standard InChI is InChI=1S/C17H28FN3O2S/c1-14-12-20(13-15(2)21(14)11-5-10-19(3)4)24(22,23)17-8-6-16(18)7-9-17/h6-9,14-15H,5,10-13H2,1-4H3. The van der Waals surface area contributed by atoms with E-state index in [9.17, 15) is 12.8 Å². The minimum Gasteiger partial charge on any atom is -0.309 e. The Bertz CT molecular complexity index is 622. The number of rotatable bonds is 6. The van der Waals surface area contributed by atoms with Gasteiger partial charge in [0.1, 0.15) is 5.82 Å². The van der Waals surface area contributed by atoms with Crippen molar-refractivity contribution in [1.82, 2.24) is 14.1 Å². The zero-order valence-electron chi connectivity index (χ0n) is 14.9. The number of halogens is 1. The molecule has 0 spiro atoms. The van der Waals surface area contributed by atoms with Gasteiger partial charge in [-0.05, 0) is 65.2 Å². The highest BCUT2D eigenvalue weighted by Crippen LogP contribution is 2.23. The Labute approximate surface area is 145 Å². The van der Waals surface area contributed by atoms with Crippen LogP contribution in [0.5, 0.6) is 0 Å². The molecule has 2 rings (SSSR count). The van der Waals surface area contributed by atoms with Gasteiger partial charge in [-0.2, -0.15) is 4.31 Å². The Balaban J connectivity index is 2.06. The van der Waals surface area contributed by atoms with E-state index in [1.807, 2.05) is 0 Å². The molecule has 0 amide bonds. The summed E-state index contributed by atoms with van der Waals surface area (Å²) in [6, 6.07) is 5.37. The molecule has 136 valence electrons. The average molecular weight is 357 g/mol. The highest BCUT2D eigenvalue weighted by Gasteiger charge is 2.35. The third kappa shape index (κ3) is 4.53. The van der Waals surface area contributed by atoms with Crippen LogP contribution in [0.15, 0.2) is 29.2 Å². The van der Waals surface area contributed by atoms with Crippen LogP contribution in [0.25, 0.3) is 0 Å². The quantitative estimate of drug-likeness (QED) is 0.780. The summed E-state index contributed by atoms with van der Waals surface area (Å²) in [5.74, 6) is -0.429. The molecule has 0 radical (unpaired) electrons. The Morgan fingerprint density at radius 2 is 1.67 bits per heavy atom. The molecule has 2 unspecified atom stereocenters. The van der Waals surface area contributed by atoms with E-state index < -0.39 is 15.8 Å². The van der Waals surface area contributed by atoms with Gasteiger partial charge in [-0.15, -0.1) is 0 Å². The number of hydrogen-bond acceptors (Lipinski definition) is 4. The van der Waals surface area contributed by atoms with E-state index in [-0.39, 0.29) is 17.0 Å². The van der Waals surface area contributed by atoms with Crippen LogP contribution in [0.2, 0.25) is 0 Å². The fourth-order valence-electron chi connectivity index (χ4n) is 3.27. The van der Waals surface area contributed by atoms with Gasteiger partial charge < -0.3 is 4.90 Å². The summed E-state index contributed by atoms with van der Waals surface area (Å²) < 4.78 is 40.1. The molecule has 2 atom stereocenters. The van der Waals surface area contributed by atoms with Crippen molar-refractivity contribution in [3.63, 3.8) is 0 Å². The number of sulfonamides is 1. The maximum absolute atomic E-state index is 13.0. The molecular weight excluding hydrogens is 329 g/mol. The second-order valence-corrected chi connectivity index (χ2v) is 8.81. The van der Waals surface area contributed by atoms with E-state index in [0.717, 1.165) is 19.5 Å². The molecule has 1 aromatic rings. The predicted octanol–water partition coefficient (Wildman–Crippen LogP) is 1.86. The predicted molar refractivity (Wildman–Crippen MR) is 94.0 cm³/mol. The maximum Gasteiger partial charge on any atom is 0.243 e. The van der Waals surface area contributed by atoms with Gasteiger partial charge in [0.25, 0.3) is 0 Å². The normalized spacial score (nSPS) is 23.8. The molecule has 0 N–H and O–H groups in total. The van der Waals surface area contributed by atoms with E-state index in [4.69, 9.17) is 0 Å². The van der Waals surface area contributed by atoms with Crippen LogP contribution in [-0.2, 0) is 10.0 Å². The van der Waals surface area contributed by atoms with Gasteiger partial charge in [0, 0.05) is 31.7 Å². The number of nitrogens with zero attached hydrogens (tertiary/aromatic N) is 3. The van der Waals surface area contributed by atoms with Crippen LogP contribution < -0.4 is 0 Å². The summed E-state index contributed by atoms with van der Waals surface area (Å²) in [4.78, 5) is 4.69. The Morgan fingerprint density at radius 3 is 2.17 bits per heavy atom. The molecule has 5 nitrogen and oxygen atoms in total. The molecule has 1 aliphatic heterocycles. The smallest absolute Gasteiger partial charge is 0.243 e. The monoisotopic (exact) mass is 357 g/mol. The van der Waals surface area contributed by atoms with Crippen molar-refractivity contribution in [2.45, 2.75) is 37.2 Å². The van der Waals surface area contributed by atoms with Gasteiger partial charge in [-0.3, -0.25) is 4.90 Å². The highest BCUT2D eigenvalue weighted by molar-refractivity contribution is 7.89. The van der Waals surface area contributed by atoms with E-state index in [1.54, 1.807) is 0 Å². The topological polar surface area (TPSA) is 43.9 Å². The van der Waals surface area contributed by atoms with Gasteiger partial charge in [0.15, 0.2) is 0 Å². The van der Waals surface area contributed by atoms with Crippen LogP contribution >= 0.6 is 0 Å². The van der Waals surface area contributed by atoms with Crippen LogP contribution in [0.1, 0.15) is 20.3 Å². The Kier molecular flexibility index (Phi) is 6.36.